The van der Waals surface area contributed by atoms with Crippen molar-refractivity contribution in [2.75, 3.05) is 20.0 Å². The van der Waals surface area contributed by atoms with Gasteiger partial charge in [0.1, 0.15) is 0 Å². The van der Waals surface area contributed by atoms with Gasteiger partial charge in [0.2, 0.25) is 0 Å². The van der Waals surface area contributed by atoms with Gasteiger partial charge in [-0.2, -0.15) is 0 Å². The molecule has 4 nitrogen and oxygen atoms in total. The molecule has 4 N–H and O–H groups in total. The van der Waals surface area contributed by atoms with E-state index in [1.807, 2.05) is 13.0 Å². The van der Waals surface area contributed by atoms with Crippen LogP contribution in [-0.4, -0.2) is 20.3 Å². The average molecular weight is 210 g/mol. The number of hydrogen-bond acceptors (Lipinski definition) is 4. The molecule has 0 radical (unpaired) electrons. The van der Waals surface area contributed by atoms with Crippen LogP contribution in [0.1, 0.15) is 12.5 Å². The lowest BCUT2D eigenvalue weighted by Crippen LogP contribution is -2.18. The molecule has 0 aliphatic heterocycles. The molecule has 1 aromatic rings. The molecule has 84 valence electrons. The van der Waals surface area contributed by atoms with Crippen LogP contribution >= 0.6 is 0 Å². The SMILES string of the molecule is COc1cc(N)c(CC(C)N)cc1OC. The molecule has 0 bridgehead atoms. The highest BCUT2D eigenvalue weighted by molar-refractivity contribution is 5.58. The molecule has 0 saturated carbocycles. The second-order valence-corrected chi connectivity index (χ2v) is 3.59. The van der Waals surface area contributed by atoms with Crippen molar-refractivity contribution in [3.63, 3.8) is 0 Å². The van der Waals surface area contributed by atoms with Crippen molar-refractivity contribution in [1.29, 1.82) is 0 Å². The maximum absolute atomic E-state index is 5.88. The van der Waals surface area contributed by atoms with Crippen LogP contribution in [0, 0.1) is 0 Å². The Balaban J connectivity index is 3.08. The van der Waals surface area contributed by atoms with Gasteiger partial charge in [0, 0.05) is 17.8 Å². The number of hydrogen-bond donors (Lipinski definition) is 2. The van der Waals surface area contributed by atoms with E-state index < -0.39 is 0 Å². The molecule has 0 aromatic heterocycles. The number of nitrogen functional groups attached to an aromatic ring is 1. The molecule has 1 atom stereocenters. The van der Waals surface area contributed by atoms with E-state index in [0.29, 0.717) is 17.2 Å². The monoisotopic (exact) mass is 210 g/mol. The van der Waals surface area contributed by atoms with Gasteiger partial charge in [-0.05, 0) is 25.0 Å². The normalized spacial score (nSPS) is 12.3. The Hall–Kier alpha value is -1.42. The highest BCUT2D eigenvalue weighted by atomic mass is 16.5. The maximum atomic E-state index is 5.88. The number of rotatable bonds is 4. The first-order chi connectivity index (χ1) is 7.08. The summed E-state index contributed by atoms with van der Waals surface area (Å²) in [5, 5.41) is 0. The minimum absolute atomic E-state index is 0.0744. The van der Waals surface area contributed by atoms with Gasteiger partial charge in [-0.25, -0.2) is 0 Å². The summed E-state index contributed by atoms with van der Waals surface area (Å²) in [6.45, 7) is 1.94. The Labute approximate surface area is 90.2 Å². The minimum atomic E-state index is 0.0744. The fraction of sp³-hybridized carbons (Fsp3) is 0.455. The third-order valence-electron chi connectivity index (χ3n) is 2.19. The molecule has 15 heavy (non-hydrogen) atoms. The van der Waals surface area contributed by atoms with Crippen molar-refractivity contribution in [2.24, 2.45) is 5.73 Å². The zero-order valence-electron chi connectivity index (χ0n) is 9.41. The zero-order chi connectivity index (χ0) is 11.4. The molecule has 0 heterocycles. The summed E-state index contributed by atoms with van der Waals surface area (Å²) in [7, 11) is 3.19. The third kappa shape index (κ3) is 2.76. The van der Waals surface area contributed by atoms with Gasteiger partial charge < -0.3 is 20.9 Å². The summed E-state index contributed by atoms with van der Waals surface area (Å²) in [5.41, 5.74) is 13.3. The first kappa shape index (κ1) is 11.7. The van der Waals surface area contributed by atoms with E-state index in [2.05, 4.69) is 0 Å². The molecule has 0 aliphatic carbocycles. The average Bonchev–Trinajstić information content (AvgIpc) is 2.19. The van der Waals surface area contributed by atoms with Crippen LogP contribution < -0.4 is 20.9 Å². The smallest absolute Gasteiger partial charge is 0.162 e. The largest absolute Gasteiger partial charge is 0.493 e. The highest BCUT2D eigenvalue weighted by Crippen LogP contribution is 2.32. The van der Waals surface area contributed by atoms with Crippen LogP contribution in [0.2, 0.25) is 0 Å². The first-order valence-corrected chi connectivity index (χ1v) is 4.84. The summed E-state index contributed by atoms with van der Waals surface area (Å²) in [6.07, 6.45) is 0.728. The molecule has 1 aromatic carbocycles. The molecule has 0 fully saturated rings. The number of nitrogens with two attached hydrogens (primary N) is 2. The van der Waals surface area contributed by atoms with Crippen LogP contribution in [0.4, 0.5) is 5.69 Å². The second kappa shape index (κ2) is 4.89. The standard InChI is InChI=1S/C11H18N2O2/c1-7(12)4-8-5-10(14-2)11(15-3)6-9(8)13/h5-7H,4,12-13H2,1-3H3. The van der Waals surface area contributed by atoms with Gasteiger partial charge in [0.05, 0.1) is 14.2 Å². The van der Waals surface area contributed by atoms with Crippen molar-refractivity contribution < 1.29 is 9.47 Å². The van der Waals surface area contributed by atoms with E-state index in [1.165, 1.54) is 0 Å². The van der Waals surface area contributed by atoms with E-state index >= 15 is 0 Å². The van der Waals surface area contributed by atoms with E-state index in [9.17, 15) is 0 Å². The van der Waals surface area contributed by atoms with Gasteiger partial charge in [-0.3, -0.25) is 0 Å². The van der Waals surface area contributed by atoms with Gasteiger partial charge in [0.15, 0.2) is 11.5 Å². The van der Waals surface area contributed by atoms with Crippen LogP contribution in [0.5, 0.6) is 11.5 Å². The lowest BCUT2D eigenvalue weighted by molar-refractivity contribution is 0.354. The summed E-state index contributed by atoms with van der Waals surface area (Å²) in [4.78, 5) is 0. The van der Waals surface area contributed by atoms with Gasteiger partial charge in [-0.15, -0.1) is 0 Å². The molecule has 0 aliphatic rings. The van der Waals surface area contributed by atoms with Gasteiger partial charge in [0.25, 0.3) is 0 Å². The van der Waals surface area contributed by atoms with Crippen molar-refractivity contribution in [2.45, 2.75) is 19.4 Å². The zero-order valence-corrected chi connectivity index (χ0v) is 9.41. The Morgan fingerprint density at radius 3 is 2.20 bits per heavy atom. The molecule has 0 spiro atoms. The Kier molecular flexibility index (Phi) is 3.80. The van der Waals surface area contributed by atoms with Crippen molar-refractivity contribution >= 4 is 5.69 Å². The Morgan fingerprint density at radius 2 is 1.73 bits per heavy atom. The quantitative estimate of drug-likeness (QED) is 0.732. The summed E-state index contributed by atoms with van der Waals surface area (Å²) >= 11 is 0. The van der Waals surface area contributed by atoms with E-state index in [0.717, 1.165) is 12.0 Å². The molecule has 1 rings (SSSR count). The minimum Gasteiger partial charge on any atom is -0.493 e. The van der Waals surface area contributed by atoms with Crippen molar-refractivity contribution in [3.8, 4) is 11.5 Å². The van der Waals surface area contributed by atoms with Crippen LogP contribution in [-0.2, 0) is 6.42 Å². The summed E-state index contributed by atoms with van der Waals surface area (Å²) in [6, 6.07) is 3.71. The number of ether oxygens (including phenoxy) is 2. The van der Waals surface area contributed by atoms with Crippen LogP contribution in [0.15, 0.2) is 12.1 Å². The molecular formula is C11H18N2O2. The second-order valence-electron chi connectivity index (χ2n) is 3.59. The predicted octanol–water partition coefficient (Wildman–Crippen LogP) is 1.18. The van der Waals surface area contributed by atoms with Crippen LogP contribution in [0.3, 0.4) is 0 Å². The van der Waals surface area contributed by atoms with Gasteiger partial charge in [-0.1, -0.05) is 0 Å². The molecular weight excluding hydrogens is 192 g/mol. The lowest BCUT2D eigenvalue weighted by atomic mass is 10.0. The third-order valence-corrected chi connectivity index (χ3v) is 2.19. The molecule has 0 saturated heterocycles. The fourth-order valence-corrected chi connectivity index (χ4v) is 1.46. The van der Waals surface area contributed by atoms with Crippen LogP contribution in [0.25, 0.3) is 0 Å². The first-order valence-electron chi connectivity index (χ1n) is 4.84. The fourth-order valence-electron chi connectivity index (χ4n) is 1.46. The molecule has 4 heteroatoms. The van der Waals surface area contributed by atoms with Gasteiger partial charge >= 0.3 is 0 Å². The summed E-state index contributed by atoms with van der Waals surface area (Å²) < 4.78 is 10.3. The van der Waals surface area contributed by atoms with E-state index in [1.54, 1.807) is 20.3 Å². The lowest BCUT2D eigenvalue weighted by Gasteiger charge is -2.13. The van der Waals surface area contributed by atoms with E-state index in [4.69, 9.17) is 20.9 Å². The number of benzene rings is 1. The topological polar surface area (TPSA) is 70.5 Å². The highest BCUT2D eigenvalue weighted by Gasteiger charge is 2.10. The van der Waals surface area contributed by atoms with Crippen molar-refractivity contribution in [1.82, 2.24) is 0 Å². The number of anilines is 1. The maximum Gasteiger partial charge on any atom is 0.162 e. The summed E-state index contributed by atoms with van der Waals surface area (Å²) in [5.74, 6) is 1.32. The molecule has 1 unspecified atom stereocenters. The molecule has 0 amide bonds. The van der Waals surface area contributed by atoms with Crippen molar-refractivity contribution in [3.05, 3.63) is 17.7 Å². The Morgan fingerprint density at radius 1 is 1.20 bits per heavy atom. The van der Waals surface area contributed by atoms with E-state index in [-0.39, 0.29) is 6.04 Å². The number of methoxy groups -OCH3 is 2. The predicted molar refractivity (Wildman–Crippen MR) is 61.3 cm³/mol. The Bertz CT molecular complexity index is 338.